The highest BCUT2D eigenvalue weighted by molar-refractivity contribution is 7.83. The van der Waals surface area contributed by atoms with E-state index in [0.717, 1.165) is 10.6 Å². The number of benzene rings is 1. The summed E-state index contributed by atoms with van der Waals surface area (Å²) in [5.74, 6) is 0. The highest BCUT2D eigenvalue weighted by Gasteiger charge is 2.27. The molecule has 0 N–H and O–H groups in total. The van der Waals surface area contributed by atoms with Gasteiger partial charge in [-0.15, -0.1) is 0 Å². The van der Waals surface area contributed by atoms with Crippen molar-refractivity contribution in [2.75, 3.05) is 0 Å². The second-order valence-electron chi connectivity index (χ2n) is 3.98. The van der Waals surface area contributed by atoms with Crippen LogP contribution in [-0.2, 0) is 24.1 Å². The summed E-state index contributed by atoms with van der Waals surface area (Å²) < 4.78 is 14.1. The summed E-state index contributed by atoms with van der Waals surface area (Å²) in [7, 11) is -1.07. The summed E-state index contributed by atoms with van der Waals surface area (Å²) in [6, 6.07) is 13.8. The van der Waals surface area contributed by atoms with E-state index in [1.54, 1.807) is 6.20 Å². The first-order valence-electron chi connectivity index (χ1n) is 5.49. The topological polar surface area (TPSA) is 33.2 Å². The molecule has 0 fully saturated rings. The van der Waals surface area contributed by atoms with E-state index in [1.165, 1.54) is 5.56 Å². The Kier molecular flexibility index (Phi) is 2.74. The van der Waals surface area contributed by atoms with Crippen LogP contribution in [0.5, 0.6) is 0 Å². The maximum atomic E-state index is 12.2. The highest BCUT2D eigenvalue weighted by atomic mass is 32.2. The highest BCUT2D eigenvalue weighted by Crippen LogP contribution is 2.26. The van der Waals surface area contributed by atoms with Crippen molar-refractivity contribution < 1.29 is 4.21 Å². The van der Waals surface area contributed by atoms with Crippen molar-refractivity contribution in [3.8, 4) is 0 Å². The van der Waals surface area contributed by atoms with Crippen LogP contribution in [0.2, 0.25) is 0 Å². The number of hydrogen-bond donors (Lipinski definition) is 0. The van der Waals surface area contributed by atoms with E-state index in [0.29, 0.717) is 13.1 Å². The Morgan fingerprint density at radius 3 is 2.76 bits per heavy atom. The molecule has 2 aromatic rings. The summed E-state index contributed by atoms with van der Waals surface area (Å²) in [5, 5.41) is 0. The molecule has 1 aromatic heterocycles. The van der Waals surface area contributed by atoms with E-state index in [1.807, 2.05) is 46.8 Å². The minimum Gasteiger partial charge on any atom is -0.259 e. The number of rotatable bonds is 2. The Hall–Kier alpha value is -1.52. The summed E-state index contributed by atoms with van der Waals surface area (Å²) in [4.78, 5) is 5.12. The maximum absolute atomic E-state index is 12.2. The van der Waals surface area contributed by atoms with E-state index < -0.39 is 11.0 Å². The lowest BCUT2D eigenvalue weighted by Gasteiger charge is -2.12. The normalized spacial score (nSPS) is 19.2. The second-order valence-corrected chi connectivity index (χ2v) is 5.44. The van der Waals surface area contributed by atoms with Gasteiger partial charge in [-0.1, -0.05) is 30.3 Å². The van der Waals surface area contributed by atoms with E-state index >= 15 is 0 Å². The van der Waals surface area contributed by atoms with E-state index in [-0.39, 0.29) is 0 Å². The predicted molar refractivity (Wildman–Crippen MR) is 66.3 cm³/mol. The first-order valence-corrected chi connectivity index (χ1v) is 6.60. The van der Waals surface area contributed by atoms with Crippen LogP contribution in [-0.4, -0.2) is 13.5 Å². The largest absolute Gasteiger partial charge is 0.259 e. The SMILES string of the molecule is O=S1c2cccnc2CN1Cc1ccccc1. The molecule has 0 bridgehead atoms. The number of pyridine rings is 1. The van der Waals surface area contributed by atoms with E-state index in [4.69, 9.17) is 0 Å². The third-order valence-electron chi connectivity index (χ3n) is 2.80. The van der Waals surface area contributed by atoms with Crippen molar-refractivity contribution >= 4 is 11.0 Å². The molecule has 0 spiro atoms. The van der Waals surface area contributed by atoms with Crippen LogP contribution in [0.25, 0.3) is 0 Å². The molecule has 1 atom stereocenters. The number of hydrogen-bond acceptors (Lipinski definition) is 2. The molecule has 1 aliphatic rings. The monoisotopic (exact) mass is 244 g/mol. The van der Waals surface area contributed by atoms with Gasteiger partial charge in [-0.2, -0.15) is 0 Å². The smallest absolute Gasteiger partial charge is 0.130 e. The fourth-order valence-electron chi connectivity index (χ4n) is 1.97. The van der Waals surface area contributed by atoms with Crippen LogP contribution in [0, 0.1) is 0 Å². The van der Waals surface area contributed by atoms with Gasteiger partial charge in [0.05, 0.1) is 17.1 Å². The minimum atomic E-state index is -1.07. The summed E-state index contributed by atoms with van der Waals surface area (Å²) >= 11 is 0. The fraction of sp³-hybridized carbons (Fsp3) is 0.154. The molecule has 17 heavy (non-hydrogen) atoms. The summed E-state index contributed by atoms with van der Waals surface area (Å²) in [6.45, 7) is 1.36. The molecule has 1 aromatic carbocycles. The van der Waals surface area contributed by atoms with Gasteiger partial charge in [-0.25, -0.2) is 8.51 Å². The third kappa shape index (κ3) is 2.01. The Morgan fingerprint density at radius 1 is 1.18 bits per heavy atom. The molecule has 2 heterocycles. The molecule has 86 valence electrons. The lowest BCUT2D eigenvalue weighted by atomic mass is 10.2. The van der Waals surface area contributed by atoms with Gasteiger partial charge in [-0.3, -0.25) is 4.98 Å². The van der Waals surface area contributed by atoms with Gasteiger partial charge in [0.1, 0.15) is 11.0 Å². The van der Waals surface area contributed by atoms with Crippen molar-refractivity contribution in [3.05, 3.63) is 59.9 Å². The lowest BCUT2D eigenvalue weighted by Crippen LogP contribution is -2.18. The van der Waals surface area contributed by atoms with E-state index in [2.05, 4.69) is 4.98 Å². The van der Waals surface area contributed by atoms with Gasteiger partial charge in [0.15, 0.2) is 0 Å². The average Bonchev–Trinajstić information content (AvgIpc) is 2.68. The molecule has 0 saturated heterocycles. The number of fused-ring (bicyclic) bond motifs is 1. The van der Waals surface area contributed by atoms with Crippen LogP contribution >= 0.6 is 0 Å². The maximum Gasteiger partial charge on any atom is 0.130 e. The van der Waals surface area contributed by atoms with Crippen molar-refractivity contribution in [1.82, 2.24) is 9.29 Å². The first-order chi connectivity index (χ1) is 8.34. The van der Waals surface area contributed by atoms with Gasteiger partial charge in [-0.05, 0) is 17.7 Å². The van der Waals surface area contributed by atoms with Crippen LogP contribution < -0.4 is 0 Å². The summed E-state index contributed by atoms with van der Waals surface area (Å²) in [5.41, 5.74) is 2.11. The molecule has 0 radical (unpaired) electrons. The molecular weight excluding hydrogens is 232 g/mol. The van der Waals surface area contributed by atoms with Crippen LogP contribution in [0.4, 0.5) is 0 Å². The molecule has 1 unspecified atom stereocenters. The zero-order valence-corrected chi connectivity index (χ0v) is 10.1. The average molecular weight is 244 g/mol. The van der Waals surface area contributed by atoms with Crippen molar-refractivity contribution in [1.29, 1.82) is 0 Å². The van der Waals surface area contributed by atoms with Crippen molar-refractivity contribution in [3.63, 3.8) is 0 Å². The Bertz CT molecular complexity index is 556. The van der Waals surface area contributed by atoms with Crippen molar-refractivity contribution in [2.45, 2.75) is 18.0 Å². The molecule has 0 amide bonds. The van der Waals surface area contributed by atoms with Gasteiger partial charge < -0.3 is 0 Å². The number of nitrogens with zero attached hydrogens (tertiary/aromatic N) is 2. The Morgan fingerprint density at radius 2 is 2.00 bits per heavy atom. The fourth-order valence-corrected chi connectivity index (χ4v) is 3.27. The van der Waals surface area contributed by atoms with Crippen molar-refractivity contribution in [2.24, 2.45) is 0 Å². The van der Waals surface area contributed by atoms with Crippen LogP contribution in [0.3, 0.4) is 0 Å². The molecule has 1 aliphatic heterocycles. The van der Waals surface area contributed by atoms with Gasteiger partial charge in [0.25, 0.3) is 0 Å². The molecule has 4 heteroatoms. The Labute approximate surface area is 103 Å². The minimum absolute atomic E-state index is 0.664. The van der Waals surface area contributed by atoms with Gasteiger partial charge in [0, 0.05) is 12.7 Å². The first kappa shape index (κ1) is 10.6. The quantitative estimate of drug-likeness (QED) is 0.810. The zero-order chi connectivity index (χ0) is 11.7. The molecule has 3 nitrogen and oxygen atoms in total. The van der Waals surface area contributed by atoms with Gasteiger partial charge >= 0.3 is 0 Å². The predicted octanol–water partition coefficient (Wildman–Crippen LogP) is 2.12. The molecule has 0 saturated carbocycles. The van der Waals surface area contributed by atoms with Gasteiger partial charge in [0.2, 0.25) is 0 Å². The lowest BCUT2D eigenvalue weighted by molar-refractivity contribution is 0.447. The standard InChI is InChI=1S/C13H12N2OS/c16-17-13-7-4-8-14-12(13)10-15(17)9-11-5-2-1-3-6-11/h1-8H,9-10H2. The Balaban J connectivity index is 1.83. The molecular formula is C13H12N2OS. The van der Waals surface area contributed by atoms with E-state index in [9.17, 15) is 4.21 Å². The summed E-state index contributed by atoms with van der Waals surface area (Å²) in [6.07, 6.45) is 1.75. The third-order valence-corrected chi connectivity index (χ3v) is 4.27. The zero-order valence-electron chi connectivity index (χ0n) is 9.24. The van der Waals surface area contributed by atoms with Crippen LogP contribution in [0.15, 0.2) is 53.6 Å². The second kappa shape index (κ2) is 4.39. The van der Waals surface area contributed by atoms with Crippen LogP contribution in [0.1, 0.15) is 11.3 Å². The molecule has 0 aliphatic carbocycles. The number of aromatic nitrogens is 1. The molecule has 3 rings (SSSR count).